The molecule has 0 unspecified atom stereocenters. The summed E-state index contributed by atoms with van der Waals surface area (Å²) in [7, 11) is 0. The van der Waals surface area contributed by atoms with Crippen molar-refractivity contribution >= 4 is 5.97 Å². The van der Waals surface area contributed by atoms with E-state index < -0.39 is 5.97 Å². The summed E-state index contributed by atoms with van der Waals surface area (Å²) < 4.78 is 8.88. The van der Waals surface area contributed by atoms with Gasteiger partial charge in [-0.2, -0.15) is 4.68 Å². The molecule has 0 atom stereocenters. The van der Waals surface area contributed by atoms with Crippen LogP contribution in [0.3, 0.4) is 0 Å². The topological polar surface area (TPSA) is 86.4 Å². The monoisotopic (exact) mass is 589 g/mol. The molecule has 1 aromatic heterocycles. The van der Waals surface area contributed by atoms with Gasteiger partial charge in [-0.3, -0.25) is 4.79 Å². The number of rotatable bonds is 12. The van der Waals surface area contributed by atoms with Crippen molar-refractivity contribution in [2.24, 2.45) is 0 Å². The average Bonchev–Trinajstić information content (AvgIpc) is 3.34. The summed E-state index contributed by atoms with van der Waals surface area (Å²) in [5, 5.41) is 14.2. The van der Waals surface area contributed by atoms with Crippen molar-refractivity contribution in [3.63, 3.8) is 0 Å². The van der Waals surface area contributed by atoms with E-state index in [-0.39, 0.29) is 12.1 Å². The Morgan fingerprint density at radius 3 is 2.27 bits per heavy atom. The van der Waals surface area contributed by atoms with Crippen molar-refractivity contribution in [3.8, 4) is 28.3 Å². The molecule has 0 amide bonds. The lowest BCUT2D eigenvalue weighted by Crippen LogP contribution is -2.23. The number of aryl methyl sites for hydroxylation is 3. The number of benzene rings is 4. The van der Waals surface area contributed by atoms with Crippen LogP contribution in [0.4, 0.5) is 0 Å². The number of nitrogens with zero attached hydrogens (tertiary/aromatic N) is 3. The maximum Gasteiger partial charge on any atom is 0.355 e. The van der Waals surface area contributed by atoms with Crippen LogP contribution in [-0.2, 0) is 24.1 Å². The van der Waals surface area contributed by atoms with Crippen LogP contribution in [0.1, 0.15) is 61.2 Å². The van der Waals surface area contributed by atoms with E-state index in [9.17, 15) is 14.7 Å². The van der Waals surface area contributed by atoms with Gasteiger partial charge in [0.25, 0.3) is 0 Å². The van der Waals surface area contributed by atoms with Crippen LogP contribution in [0, 0.1) is 6.92 Å². The average molecular weight is 590 g/mol. The van der Waals surface area contributed by atoms with E-state index in [0.717, 1.165) is 46.7 Å². The molecule has 0 aliphatic carbocycles. The maximum atomic E-state index is 13.7. The van der Waals surface area contributed by atoms with Gasteiger partial charge in [0.2, 0.25) is 0 Å². The Morgan fingerprint density at radius 1 is 0.909 bits per heavy atom. The normalized spacial score (nSPS) is 11.2. The van der Waals surface area contributed by atoms with Crippen molar-refractivity contribution in [2.45, 2.75) is 59.3 Å². The number of hydrogen-bond donors (Lipinski definition) is 1. The van der Waals surface area contributed by atoms with Gasteiger partial charge in [-0.25, -0.2) is 9.36 Å². The van der Waals surface area contributed by atoms with Crippen LogP contribution in [0.15, 0.2) is 95.8 Å². The zero-order valence-corrected chi connectivity index (χ0v) is 25.8. The molecule has 44 heavy (non-hydrogen) atoms. The number of aliphatic carboxylic acids is 1. The van der Waals surface area contributed by atoms with Crippen molar-refractivity contribution in [2.75, 3.05) is 6.61 Å². The summed E-state index contributed by atoms with van der Waals surface area (Å²) in [4.78, 5) is 25.1. The molecule has 0 bridgehead atoms. The van der Waals surface area contributed by atoms with E-state index in [1.165, 1.54) is 15.8 Å². The van der Waals surface area contributed by atoms with Crippen molar-refractivity contribution in [3.05, 3.63) is 130 Å². The molecule has 226 valence electrons. The Balaban J connectivity index is 1.35. The number of para-hydroxylation sites is 1. The number of carbonyl (C=O) groups is 1. The van der Waals surface area contributed by atoms with Crippen LogP contribution in [0.2, 0.25) is 0 Å². The lowest BCUT2D eigenvalue weighted by Gasteiger charge is -2.12. The number of hydrogen-bond acceptors (Lipinski definition) is 4. The van der Waals surface area contributed by atoms with E-state index in [0.29, 0.717) is 30.3 Å². The highest BCUT2D eigenvalue weighted by Crippen LogP contribution is 2.28. The third kappa shape index (κ3) is 6.83. The molecule has 0 saturated carbocycles. The van der Waals surface area contributed by atoms with Crippen LogP contribution in [0.25, 0.3) is 22.5 Å². The minimum atomic E-state index is -0.889. The Labute approximate surface area is 258 Å². The minimum absolute atomic E-state index is 0.0894. The second-order valence-electron chi connectivity index (χ2n) is 11.4. The van der Waals surface area contributed by atoms with Gasteiger partial charge in [0, 0.05) is 12.0 Å². The highest BCUT2D eigenvalue weighted by molar-refractivity contribution is 5.74. The Bertz CT molecular complexity index is 1800. The van der Waals surface area contributed by atoms with Gasteiger partial charge in [0.05, 0.1) is 24.4 Å². The predicted octanol–water partition coefficient (Wildman–Crippen LogP) is 7.32. The molecular formula is C37H39N3O4. The van der Waals surface area contributed by atoms with E-state index in [1.807, 2.05) is 68.4 Å². The third-order valence-electron chi connectivity index (χ3n) is 7.86. The summed E-state index contributed by atoms with van der Waals surface area (Å²) >= 11 is 0. The van der Waals surface area contributed by atoms with E-state index >= 15 is 0 Å². The van der Waals surface area contributed by atoms with Crippen LogP contribution in [0.5, 0.6) is 5.75 Å². The highest BCUT2D eigenvalue weighted by Gasteiger charge is 2.18. The molecule has 0 saturated heterocycles. The van der Waals surface area contributed by atoms with Crippen molar-refractivity contribution in [1.29, 1.82) is 0 Å². The first-order chi connectivity index (χ1) is 21.2. The minimum Gasteiger partial charge on any atom is -0.494 e. The van der Waals surface area contributed by atoms with Crippen molar-refractivity contribution < 1.29 is 14.6 Å². The van der Waals surface area contributed by atoms with E-state index in [1.54, 1.807) is 4.57 Å². The lowest BCUT2D eigenvalue weighted by atomic mass is 9.98. The molecule has 0 aliphatic heterocycles. The van der Waals surface area contributed by atoms with Gasteiger partial charge in [-0.1, -0.05) is 74.5 Å². The van der Waals surface area contributed by atoms with Crippen LogP contribution in [-0.4, -0.2) is 32.0 Å². The molecule has 0 fully saturated rings. The predicted molar refractivity (Wildman–Crippen MR) is 174 cm³/mol. The smallest absolute Gasteiger partial charge is 0.355 e. The largest absolute Gasteiger partial charge is 0.494 e. The zero-order valence-electron chi connectivity index (χ0n) is 25.8. The molecule has 0 aliphatic rings. The molecule has 1 N–H and O–H groups in total. The first kappa shape index (κ1) is 30.5. The Hall–Kier alpha value is -4.91. The zero-order chi connectivity index (χ0) is 31.2. The summed E-state index contributed by atoms with van der Waals surface area (Å²) in [6, 6.07) is 30.0. The van der Waals surface area contributed by atoms with Gasteiger partial charge in [0.15, 0.2) is 0 Å². The van der Waals surface area contributed by atoms with Gasteiger partial charge < -0.3 is 9.84 Å². The second kappa shape index (κ2) is 13.6. The van der Waals surface area contributed by atoms with Crippen molar-refractivity contribution in [1.82, 2.24) is 14.3 Å². The number of aromatic nitrogens is 3. The van der Waals surface area contributed by atoms with Gasteiger partial charge in [0.1, 0.15) is 11.6 Å². The molecule has 7 heteroatoms. The standard InChI is InChI=1S/C37H39N3O4/c1-5-44-34-22-19-30(23-31(34)24-36(41)42)29-15-13-27(14-16-29)10-8-12-35-38-40(32-20-17-28(18-21-32)25(2)3)37(43)39(35)33-11-7-6-9-26(33)4/h6-7,9,11,13-23,25H,5,8,10,12,24H2,1-4H3,(H,41,42). The summed E-state index contributed by atoms with van der Waals surface area (Å²) in [5.41, 5.74) is 7.47. The SMILES string of the molecule is CCOc1ccc(-c2ccc(CCCc3nn(-c4ccc(C(C)C)cc4)c(=O)n3-c3ccccc3C)cc2)cc1CC(=O)O. The second-order valence-corrected chi connectivity index (χ2v) is 11.4. The number of ether oxygens (including phenoxy) is 1. The van der Waals surface area contributed by atoms with E-state index in [2.05, 4.69) is 50.2 Å². The number of carboxylic acid groups (broad SMARTS) is 1. The Kier molecular flexibility index (Phi) is 9.44. The van der Waals surface area contributed by atoms with Gasteiger partial charge in [-0.05, 0) is 90.8 Å². The molecule has 1 heterocycles. The fourth-order valence-electron chi connectivity index (χ4n) is 5.47. The molecule has 7 nitrogen and oxygen atoms in total. The lowest BCUT2D eigenvalue weighted by molar-refractivity contribution is -0.136. The van der Waals surface area contributed by atoms with Gasteiger partial charge in [-0.15, -0.1) is 5.10 Å². The molecule has 4 aromatic carbocycles. The van der Waals surface area contributed by atoms with Crippen LogP contribution >= 0.6 is 0 Å². The Morgan fingerprint density at radius 2 is 1.61 bits per heavy atom. The van der Waals surface area contributed by atoms with Gasteiger partial charge >= 0.3 is 11.7 Å². The fourth-order valence-corrected chi connectivity index (χ4v) is 5.47. The quantitative estimate of drug-likeness (QED) is 0.165. The molecule has 5 rings (SSSR count). The highest BCUT2D eigenvalue weighted by atomic mass is 16.5. The summed E-state index contributed by atoms with van der Waals surface area (Å²) in [6.07, 6.45) is 2.19. The first-order valence-electron chi connectivity index (χ1n) is 15.2. The molecular weight excluding hydrogens is 550 g/mol. The van der Waals surface area contributed by atoms with Crippen LogP contribution < -0.4 is 10.4 Å². The summed E-state index contributed by atoms with van der Waals surface area (Å²) in [6.45, 7) is 8.68. The fraction of sp³-hybridized carbons (Fsp3) is 0.270. The van der Waals surface area contributed by atoms with E-state index in [4.69, 9.17) is 9.84 Å². The third-order valence-corrected chi connectivity index (χ3v) is 7.86. The molecule has 5 aromatic rings. The first-order valence-corrected chi connectivity index (χ1v) is 15.2. The summed E-state index contributed by atoms with van der Waals surface area (Å²) in [5.74, 6) is 0.856. The number of carboxylic acids is 1. The molecule has 0 spiro atoms. The molecule has 0 radical (unpaired) electrons. The maximum absolute atomic E-state index is 13.7.